The van der Waals surface area contributed by atoms with Crippen molar-refractivity contribution in [2.45, 2.75) is 20.5 Å². The molecule has 6 nitrogen and oxygen atoms in total. The second-order valence-electron chi connectivity index (χ2n) is 6.42. The Bertz CT molecular complexity index is 841. The standard InChI is InChI=1S/C21H24F2N2O4/c1-14-5-4-6-18(15(14)2)24-19(26)13-25(11-12-28-3)20(27)16-7-9-17(10-8-16)29-21(22)23/h4-10,21H,11-13H2,1-3H3,(H,24,26). The summed E-state index contributed by atoms with van der Waals surface area (Å²) in [5, 5.41) is 2.82. The normalized spacial score (nSPS) is 10.7. The molecule has 0 aliphatic rings. The summed E-state index contributed by atoms with van der Waals surface area (Å²) in [5.41, 5.74) is 2.93. The van der Waals surface area contributed by atoms with E-state index in [2.05, 4.69) is 10.1 Å². The quantitative estimate of drug-likeness (QED) is 0.691. The molecule has 0 atom stereocenters. The highest BCUT2D eigenvalue weighted by Crippen LogP contribution is 2.19. The van der Waals surface area contributed by atoms with Gasteiger partial charge in [-0.25, -0.2) is 0 Å². The summed E-state index contributed by atoms with van der Waals surface area (Å²) in [6.07, 6.45) is 0. The van der Waals surface area contributed by atoms with Crippen LogP contribution in [0.2, 0.25) is 0 Å². The van der Waals surface area contributed by atoms with Crippen molar-refractivity contribution in [1.29, 1.82) is 0 Å². The van der Waals surface area contributed by atoms with Crippen LogP contribution in [-0.2, 0) is 9.53 Å². The van der Waals surface area contributed by atoms with Crippen LogP contribution in [0.15, 0.2) is 42.5 Å². The summed E-state index contributed by atoms with van der Waals surface area (Å²) in [7, 11) is 1.50. The monoisotopic (exact) mass is 406 g/mol. The lowest BCUT2D eigenvalue weighted by Crippen LogP contribution is -2.40. The van der Waals surface area contributed by atoms with Crippen molar-refractivity contribution in [1.82, 2.24) is 4.90 Å². The third-order valence-electron chi connectivity index (χ3n) is 4.39. The number of nitrogens with one attached hydrogen (secondary N) is 1. The SMILES string of the molecule is COCCN(CC(=O)Nc1cccc(C)c1C)C(=O)c1ccc(OC(F)F)cc1. The highest BCUT2D eigenvalue weighted by Gasteiger charge is 2.19. The number of alkyl halides is 2. The second-order valence-corrected chi connectivity index (χ2v) is 6.42. The van der Waals surface area contributed by atoms with E-state index in [1.165, 1.54) is 36.3 Å². The Morgan fingerprint density at radius 3 is 2.41 bits per heavy atom. The maximum Gasteiger partial charge on any atom is 0.387 e. The number of carbonyl (C=O) groups excluding carboxylic acids is 2. The van der Waals surface area contributed by atoms with Crippen LogP contribution in [0.3, 0.4) is 0 Å². The van der Waals surface area contributed by atoms with Crippen molar-refractivity contribution in [3.8, 4) is 5.75 Å². The van der Waals surface area contributed by atoms with Crippen molar-refractivity contribution in [2.75, 3.05) is 32.1 Å². The Morgan fingerprint density at radius 1 is 1.10 bits per heavy atom. The first kappa shape index (κ1) is 22.3. The number of methoxy groups -OCH3 is 1. The Kier molecular flexibility index (Phi) is 8.09. The Labute approximate surface area is 168 Å². The molecule has 0 saturated carbocycles. The largest absolute Gasteiger partial charge is 0.435 e. The van der Waals surface area contributed by atoms with Gasteiger partial charge in [0.05, 0.1) is 6.61 Å². The van der Waals surface area contributed by atoms with Crippen LogP contribution in [0.1, 0.15) is 21.5 Å². The van der Waals surface area contributed by atoms with Crippen molar-refractivity contribution < 1.29 is 27.8 Å². The summed E-state index contributed by atoms with van der Waals surface area (Å²) in [6.45, 7) is 1.18. The van der Waals surface area contributed by atoms with Crippen LogP contribution in [-0.4, -0.2) is 50.1 Å². The van der Waals surface area contributed by atoms with E-state index in [0.717, 1.165) is 11.1 Å². The number of anilines is 1. The average Bonchev–Trinajstić information content (AvgIpc) is 2.68. The topological polar surface area (TPSA) is 67.9 Å². The highest BCUT2D eigenvalue weighted by atomic mass is 19.3. The summed E-state index contributed by atoms with van der Waals surface area (Å²) in [5.74, 6) is -0.810. The van der Waals surface area contributed by atoms with Crippen molar-refractivity contribution in [2.24, 2.45) is 0 Å². The minimum absolute atomic E-state index is 0.0485. The lowest BCUT2D eigenvalue weighted by Gasteiger charge is -2.22. The number of hydrogen-bond donors (Lipinski definition) is 1. The molecule has 0 spiro atoms. The number of aryl methyl sites for hydroxylation is 1. The molecule has 0 fully saturated rings. The molecule has 0 unspecified atom stereocenters. The van der Waals surface area contributed by atoms with Gasteiger partial charge in [0.15, 0.2) is 0 Å². The summed E-state index contributed by atoms with van der Waals surface area (Å²) < 4.78 is 33.8. The summed E-state index contributed by atoms with van der Waals surface area (Å²) in [4.78, 5) is 26.6. The first-order chi connectivity index (χ1) is 13.8. The molecule has 0 aromatic heterocycles. The Hall–Kier alpha value is -3.00. The van der Waals surface area contributed by atoms with Gasteiger partial charge in [0, 0.05) is 24.9 Å². The molecule has 2 rings (SSSR count). The molecule has 1 N–H and O–H groups in total. The van der Waals surface area contributed by atoms with E-state index < -0.39 is 12.5 Å². The van der Waals surface area contributed by atoms with Crippen molar-refractivity contribution in [3.63, 3.8) is 0 Å². The van der Waals surface area contributed by atoms with Gasteiger partial charge in [-0.1, -0.05) is 12.1 Å². The number of hydrogen-bond acceptors (Lipinski definition) is 4. The third kappa shape index (κ3) is 6.53. The fourth-order valence-corrected chi connectivity index (χ4v) is 2.67. The van der Waals surface area contributed by atoms with Gasteiger partial charge in [0.25, 0.3) is 5.91 Å². The molecule has 8 heteroatoms. The number of nitrogens with zero attached hydrogens (tertiary/aromatic N) is 1. The number of benzene rings is 2. The van der Waals surface area contributed by atoms with Gasteiger partial charge in [-0.05, 0) is 55.3 Å². The van der Waals surface area contributed by atoms with Gasteiger partial charge < -0.3 is 19.7 Å². The zero-order valence-corrected chi connectivity index (χ0v) is 16.6. The van der Waals surface area contributed by atoms with Gasteiger partial charge in [-0.2, -0.15) is 8.78 Å². The minimum atomic E-state index is -2.94. The second kappa shape index (κ2) is 10.5. The maximum atomic E-state index is 12.8. The van der Waals surface area contributed by atoms with Crippen LogP contribution in [0.4, 0.5) is 14.5 Å². The van der Waals surface area contributed by atoms with Crippen molar-refractivity contribution >= 4 is 17.5 Å². The maximum absolute atomic E-state index is 12.8. The number of halogens is 2. The van der Waals surface area contributed by atoms with E-state index in [-0.39, 0.29) is 36.9 Å². The molecule has 0 bridgehead atoms. The fraction of sp³-hybridized carbons (Fsp3) is 0.333. The van der Waals surface area contributed by atoms with Gasteiger partial charge >= 0.3 is 6.61 Å². The molecule has 156 valence electrons. The van der Waals surface area contributed by atoms with Gasteiger partial charge in [-0.15, -0.1) is 0 Å². The molecular weight excluding hydrogens is 382 g/mol. The smallest absolute Gasteiger partial charge is 0.387 e. The molecule has 0 aliphatic carbocycles. The number of ether oxygens (including phenoxy) is 2. The van der Waals surface area contributed by atoms with E-state index in [0.29, 0.717) is 5.69 Å². The fourth-order valence-electron chi connectivity index (χ4n) is 2.67. The van der Waals surface area contributed by atoms with Gasteiger partial charge in [0.2, 0.25) is 5.91 Å². The van der Waals surface area contributed by atoms with Crippen LogP contribution in [0.25, 0.3) is 0 Å². The highest BCUT2D eigenvalue weighted by molar-refractivity contribution is 5.99. The molecule has 29 heavy (non-hydrogen) atoms. The van der Waals surface area contributed by atoms with E-state index >= 15 is 0 Å². The van der Waals surface area contributed by atoms with Crippen molar-refractivity contribution in [3.05, 3.63) is 59.2 Å². The molecule has 2 aromatic carbocycles. The summed E-state index contributed by atoms with van der Waals surface area (Å²) in [6, 6.07) is 10.9. The lowest BCUT2D eigenvalue weighted by molar-refractivity contribution is -0.117. The molecule has 0 radical (unpaired) electrons. The zero-order chi connectivity index (χ0) is 21.4. The first-order valence-corrected chi connectivity index (χ1v) is 9.01. The van der Waals surface area contributed by atoms with Crippen LogP contribution < -0.4 is 10.1 Å². The van der Waals surface area contributed by atoms with E-state index in [1.807, 2.05) is 26.0 Å². The van der Waals surface area contributed by atoms with Crippen LogP contribution in [0, 0.1) is 13.8 Å². The zero-order valence-electron chi connectivity index (χ0n) is 16.6. The number of amides is 2. The average molecular weight is 406 g/mol. The number of rotatable bonds is 9. The summed E-state index contributed by atoms with van der Waals surface area (Å²) >= 11 is 0. The molecule has 2 amide bonds. The van der Waals surface area contributed by atoms with Gasteiger partial charge in [-0.3, -0.25) is 9.59 Å². The minimum Gasteiger partial charge on any atom is -0.435 e. The lowest BCUT2D eigenvalue weighted by atomic mass is 10.1. The van der Waals surface area contributed by atoms with Crippen LogP contribution >= 0.6 is 0 Å². The predicted molar refractivity (Wildman–Crippen MR) is 105 cm³/mol. The number of carbonyl (C=O) groups is 2. The van der Waals surface area contributed by atoms with E-state index in [9.17, 15) is 18.4 Å². The molecule has 2 aromatic rings. The molecular formula is C21H24F2N2O4. The van der Waals surface area contributed by atoms with E-state index in [1.54, 1.807) is 6.07 Å². The Morgan fingerprint density at radius 2 is 1.79 bits per heavy atom. The Balaban J connectivity index is 2.10. The molecule has 0 heterocycles. The third-order valence-corrected chi connectivity index (χ3v) is 4.39. The van der Waals surface area contributed by atoms with Crippen LogP contribution in [0.5, 0.6) is 5.75 Å². The molecule has 0 saturated heterocycles. The first-order valence-electron chi connectivity index (χ1n) is 9.01. The molecule has 0 aliphatic heterocycles. The predicted octanol–water partition coefficient (Wildman–Crippen LogP) is 3.63. The van der Waals surface area contributed by atoms with Gasteiger partial charge in [0.1, 0.15) is 12.3 Å². The van der Waals surface area contributed by atoms with E-state index in [4.69, 9.17) is 4.74 Å².